The first-order valence-corrected chi connectivity index (χ1v) is 22.5. The monoisotopic (exact) mass is 781 g/mol. The van der Waals surface area contributed by atoms with E-state index in [4.69, 9.17) is 18.5 Å². The summed E-state index contributed by atoms with van der Waals surface area (Å²) >= 11 is 0. The van der Waals surface area contributed by atoms with E-state index < -0.39 is 32.5 Å². The zero-order chi connectivity index (χ0) is 40.0. The van der Waals surface area contributed by atoms with E-state index in [9.17, 15) is 19.0 Å². The van der Waals surface area contributed by atoms with Crippen molar-refractivity contribution in [1.29, 1.82) is 0 Å². The summed E-state index contributed by atoms with van der Waals surface area (Å²) in [5, 5.41) is 0. The van der Waals surface area contributed by atoms with Gasteiger partial charge in [-0.1, -0.05) is 126 Å². The summed E-state index contributed by atoms with van der Waals surface area (Å²) in [6.45, 7) is 4.22. The Hall–Kier alpha value is -2.29. The molecule has 0 saturated heterocycles. The Labute approximate surface area is 330 Å². The van der Waals surface area contributed by atoms with Gasteiger partial charge < -0.3 is 18.9 Å². The smallest absolute Gasteiger partial charge is 0.462 e. The van der Waals surface area contributed by atoms with E-state index in [0.29, 0.717) is 23.9 Å². The first kappa shape index (κ1) is 51.7. The second-order valence-corrected chi connectivity index (χ2v) is 16.4. The van der Waals surface area contributed by atoms with Crippen LogP contribution in [0.4, 0.5) is 0 Å². The molecule has 0 aromatic rings. The summed E-state index contributed by atoms with van der Waals surface area (Å²) in [7, 11) is 1.44. The summed E-state index contributed by atoms with van der Waals surface area (Å²) in [6.07, 6.45) is 42.7. The molecule has 0 saturated carbocycles. The van der Waals surface area contributed by atoms with E-state index in [1.165, 1.54) is 38.5 Å². The van der Waals surface area contributed by atoms with Crippen LogP contribution in [0.5, 0.6) is 0 Å². The van der Waals surface area contributed by atoms with Crippen molar-refractivity contribution in [1.82, 2.24) is 0 Å². The van der Waals surface area contributed by atoms with E-state index in [0.717, 1.165) is 77.0 Å². The molecule has 9 nitrogen and oxygen atoms in total. The number of esters is 2. The number of ether oxygens (including phenoxy) is 2. The van der Waals surface area contributed by atoms with Crippen LogP contribution in [0.25, 0.3) is 0 Å². The fourth-order valence-electron chi connectivity index (χ4n) is 5.23. The Morgan fingerprint density at radius 3 is 1.61 bits per heavy atom. The van der Waals surface area contributed by atoms with Crippen LogP contribution < -0.4 is 0 Å². The third-order valence-corrected chi connectivity index (χ3v) is 9.52. The normalized spacial score (nSPS) is 14.3. The number of hydrogen-bond acceptors (Lipinski definition) is 7. The highest BCUT2D eigenvalue weighted by molar-refractivity contribution is 7.47. The van der Waals surface area contributed by atoms with Gasteiger partial charge in [0.15, 0.2) is 6.10 Å². The van der Waals surface area contributed by atoms with Crippen molar-refractivity contribution in [3.63, 3.8) is 0 Å². The molecule has 312 valence electrons. The zero-order valence-electron chi connectivity index (χ0n) is 34.9. The summed E-state index contributed by atoms with van der Waals surface area (Å²) in [6, 6.07) is 0. The molecule has 0 radical (unpaired) electrons. The summed E-state index contributed by atoms with van der Waals surface area (Å²) in [4.78, 5) is 35.3. The molecule has 0 aliphatic rings. The Kier molecular flexibility index (Phi) is 34.8. The standard InChI is InChI=1S/C44H78NO8P/c1-6-8-10-12-14-16-18-20-22-24-26-28-30-32-34-36-43(46)50-40-42(41-52-54(48,49)51-39-38-45(3,4)5)53-44(47)37-35-33-31-29-27-25-23-21-19-17-15-13-11-9-7-2/h8,10,14,16,20-23,27,29,42H,6-7,9,11-13,15,17-19,24-26,28,30-41H2,1-5H3/p+1/b10-8+,16-14+,22-20+,23-21+,29-27+/t42-/m1/s1. The largest absolute Gasteiger partial charge is 0.472 e. The first-order valence-electron chi connectivity index (χ1n) is 21.0. The van der Waals surface area contributed by atoms with Gasteiger partial charge in [-0.15, -0.1) is 0 Å². The van der Waals surface area contributed by atoms with Crippen molar-refractivity contribution < 1.29 is 42.1 Å². The third kappa shape index (κ3) is 39.4. The molecule has 0 heterocycles. The number of phosphoric acid groups is 1. The molecule has 0 amide bonds. The molecule has 0 aliphatic heterocycles. The number of phosphoric ester groups is 1. The number of hydrogen-bond donors (Lipinski definition) is 1. The number of carbonyl (C=O) groups is 2. The fraction of sp³-hybridized carbons (Fsp3) is 0.727. The minimum atomic E-state index is -4.39. The highest BCUT2D eigenvalue weighted by Gasteiger charge is 2.27. The second kappa shape index (κ2) is 36.4. The lowest BCUT2D eigenvalue weighted by Crippen LogP contribution is -2.37. The van der Waals surface area contributed by atoms with Gasteiger partial charge in [-0.05, 0) is 77.0 Å². The van der Waals surface area contributed by atoms with Gasteiger partial charge in [0, 0.05) is 12.8 Å². The van der Waals surface area contributed by atoms with Gasteiger partial charge in [-0.3, -0.25) is 18.6 Å². The molecule has 10 heteroatoms. The average Bonchev–Trinajstić information content (AvgIpc) is 3.12. The Balaban J connectivity index is 4.48. The molecule has 1 unspecified atom stereocenters. The van der Waals surface area contributed by atoms with Crippen molar-refractivity contribution in [2.75, 3.05) is 47.5 Å². The van der Waals surface area contributed by atoms with Crippen LogP contribution in [0.3, 0.4) is 0 Å². The number of quaternary nitrogens is 1. The first-order chi connectivity index (χ1) is 26.0. The molecule has 0 aliphatic carbocycles. The fourth-order valence-corrected chi connectivity index (χ4v) is 5.97. The topological polar surface area (TPSA) is 108 Å². The predicted octanol–water partition coefficient (Wildman–Crippen LogP) is 11.7. The van der Waals surface area contributed by atoms with Crippen LogP contribution >= 0.6 is 7.82 Å². The van der Waals surface area contributed by atoms with Gasteiger partial charge in [-0.2, -0.15) is 0 Å². The Bertz CT molecular complexity index is 1110. The molecule has 0 rings (SSSR count). The lowest BCUT2D eigenvalue weighted by Gasteiger charge is -2.24. The lowest BCUT2D eigenvalue weighted by molar-refractivity contribution is -0.870. The number of rotatable bonds is 37. The van der Waals surface area contributed by atoms with E-state index in [-0.39, 0.29) is 26.1 Å². The van der Waals surface area contributed by atoms with Gasteiger partial charge in [0.2, 0.25) is 0 Å². The molecular formula is C44H79NO8P+. The molecular weight excluding hydrogens is 701 g/mol. The molecule has 2 atom stereocenters. The molecule has 0 bridgehead atoms. The third-order valence-electron chi connectivity index (χ3n) is 8.53. The van der Waals surface area contributed by atoms with Crippen LogP contribution in [-0.4, -0.2) is 74.9 Å². The van der Waals surface area contributed by atoms with Crippen LogP contribution in [0.2, 0.25) is 0 Å². The van der Waals surface area contributed by atoms with Gasteiger partial charge in [0.25, 0.3) is 0 Å². The van der Waals surface area contributed by atoms with E-state index >= 15 is 0 Å². The van der Waals surface area contributed by atoms with E-state index in [1.807, 2.05) is 21.1 Å². The maximum absolute atomic E-state index is 12.6. The molecule has 0 aromatic carbocycles. The predicted molar refractivity (Wildman–Crippen MR) is 224 cm³/mol. The van der Waals surface area contributed by atoms with Gasteiger partial charge in [-0.25, -0.2) is 4.57 Å². The average molecular weight is 781 g/mol. The highest BCUT2D eigenvalue weighted by atomic mass is 31.2. The minimum Gasteiger partial charge on any atom is -0.462 e. The number of carbonyl (C=O) groups excluding carboxylic acids is 2. The lowest BCUT2D eigenvalue weighted by atomic mass is 10.1. The Morgan fingerprint density at radius 2 is 1.06 bits per heavy atom. The van der Waals surface area contributed by atoms with Gasteiger partial charge in [0.1, 0.15) is 19.8 Å². The molecule has 1 N–H and O–H groups in total. The minimum absolute atomic E-state index is 0.0202. The van der Waals surface area contributed by atoms with Crippen molar-refractivity contribution in [2.24, 2.45) is 0 Å². The van der Waals surface area contributed by atoms with Crippen molar-refractivity contribution in [3.05, 3.63) is 60.8 Å². The van der Waals surface area contributed by atoms with Crippen molar-refractivity contribution in [3.8, 4) is 0 Å². The molecule has 0 spiro atoms. The van der Waals surface area contributed by atoms with Gasteiger partial charge in [0.05, 0.1) is 27.7 Å². The quantitative estimate of drug-likeness (QED) is 0.0218. The number of allylic oxidation sites excluding steroid dienone is 10. The SMILES string of the molecule is CC/C=C/C/C=C/C/C=C/CCCCCCCC(=O)OC[C@H](COP(=O)(O)OCC[N+](C)(C)C)OC(=O)CCCC/C=C/C/C=C/CCCCCCCC. The summed E-state index contributed by atoms with van der Waals surface area (Å²) < 4.78 is 34.2. The van der Waals surface area contributed by atoms with Crippen LogP contribution in [-0.2, 0) is 32.7 Å². The highest BCUT2D eigenvalue weighted by Crippen LogP contribution is 2.43. The van der Waals surface area contributed by atoms with Crippen molar-refractivity contribution >= 4 is 19.8 Å². The zero-order valence-corrected chi connectivity index (χ0v) is 35.8. The van der Waals surface area contributed by atoms with Crippen LogP contribution in [0.1, 0.15) is 155 Å². The molecule has 54 heavy (non-hydrogen) atoms. The molecule has 0 fully saturated rings. The number of nitrogens with zero attached hydrogens (tertiary/aromatic N) is 1. The van der Waals surface area contributed by atoms with E-state index in [1.54, 1.807) is 0 Å². The van der Waals surface area contributed by atoms with Gasteiger partial charge >= 0.3 is 19.8 Å². The number of likely N-dealkylation sites (N-methyl/N-ethyl adjacent to an activating group) is 1. The number of unbranched alkanes of at least 4 members (excludes halogenated alkanes) is 13. The maximum Gasteiger partial charge on any atom is 0.472 e. The maximum atomic E-state index is 12.6. The van der Waals surface area contributed by atoms with Crippen molar-refractivity contribution in [2.45, 2.75) is 161 Å². The summed E-state index contributed by atoms with van der Waals surface area (Å²) in [5.74, 6) is -0.862. The molecule has 0 aromatic heterocycles. The van der Waals surface area contributed by atoms with E-state index in [2.05, 4.69) is 74.6 Å². The van der Waals surface area contributed by atoms with Crippen LogP contribution in [0, 0.1) is 0 Å². The second-order valence-electron chi connectivity index (χ2n) is 15.0. The summed E-state index contributed by atoms with van der Waals surface area (Å²) in [5.41, 5.74) is 0. The Morgan fingerprint density at radius 1 is 0.593 bits per heavy atom. The van der Waals surface area contributed by atoms with Crippen LogP contribution in [0.15, 0.2) is 60.8 Å².